The maximum absolute atomic E-state index is 11.7. The summed E-state index contributed by atoms with van der Waals surface area (Å²) in [6.07, 6.45) is 9.92. The van der Waals surface area contributed by atoms with Crippen LogP contribution in [0.25, 0.3) is 0 Å². The molecule has 2 atom stereocenters. The normalized spacial score (nSPS) is 23.3. The van der Waals surface area contributed by atoms with Crippen molar-refractivity contribution in [3.8, 4) is 0 Å². The van der Waals surface area contributed by atoms with Crippen LogP contribution in [0.1, 0.15) is 81.5 Å². The molecule has 8 nitrogen and oxygen atoms in total. The van der Waals surface area contributed by atoms with E-state index in [9.17, 15) is 4.79 Å². The highest BCUT2D eigenvalue weighted by Gasteiger charge is 2.27. The molecule has 1 aromatic rings. The van der Waals surface area contributed by atoms with Gasteiger partial charge < -0.3 is 14.7 Å². The van der Waals surface area contributed by atoms with Gasteiger partial charge in [0.15, 0.2) is 5.82 Å². The second kappa shape index (κ2) is 10.1. The Balaban J connectivity index is 1.59. The molecule has 1 saturated heterocycles. The van der Waals surface area contributed by atoms with E-state index in [4.69, 9.17) is 9.73 Å². The van der Waals surface area contributed by atoms with Gasteiger partial charge in [0, 0.05) is 32.0 Å². The smallest absolute Gasteiger partial charge is 0.244 e. The van der Waals surface area contributed by atoms with E-state index in [0.717, 1.165) is 38.4 Å². The van der Waals surface area contributed by atoms with Crippen LogP contribution in [0.15, 0.2) is 4.52 Å². The maximum Gasteiger partial charge on any atom is 0.244 e. The summed E-state index contributed by atoms with van der Waals surface area (Å²) in [5.74, 6) is 1.41. The summed E-state index contributed by atoms with van der Waals surface area (Å²) in [6.45, 7) is 2.73. The van der Waals surface area contributed by atoms with Crippen molar-refractivity contribution in [3.05, 3.63) is 11.7 Å². The first kappa shape index (κ1) is 20.2. The van der Waals surface area contributed by atoms with Gasteiger partial charge in [0.25, 0.3) is 0 Å². The zero-order valence-electron chi connectivity index (χ0n) is 16.3. The Kier molecular flexibility index (Phi) is 7.60. The Bertz CT molecular complexity index is 588. The van der Waals surface area contributed by atoms with Crippen molar-refractivity contribution in [2.75, 3.05) is 26.7 Å². The zero-order valence-corrected chi connectivity index (χ0v) is 16.3. The zero-order chi connectivity index (χ0) is 19.1. The predicted octanol–water partition coefficient (Wildman–Crippen LogP) is 2.38. The molecule has 2 heterocycles. The standard InChI is InChI=1S/C19H33N5O3/c1-24-11-10-20-16(13-24)18-21-19(27-23-18)15(12-17(25)22-26)9-5-8-14-6-3-2-4-7-14/h14-16,20,26H,2-13H2,1H3,(H,22,25)/t15-,16?/m1/s1. The molecule has 1 aliphatic heterocycles. The number of piperazine rings is 1. The highest BCUT2D eigenvalue weighted by atomic mass is 16.5. The van der Waals surface area contributed by atoms with Gasteiger partial charge in [-0.1, -0.05) is 50.1 Å². The monoisotopic (exact) mass is 379 g/mol. The second-order valence-corrected chi connectivity index (χ2v) is 8.13. The van der Waals surface area contributed by atoms with Crippen molar-refractivity contribution in [2.45, 2.75) is 69.7 Å². The molecule has 1 unspecified atom stereocenters. The lowest BCUT2D eigenvalue weighted by Gasteiger charge is -2.28. The first-order chi connectivity index (χ1) is 13.2. The van der Waals surface area contributed by atoms with Crippen LogP contribution in [0.4, 0.5) is 0 Å². The predicted molar refractivity (Wildman–Crippen MR) is 100 cm³/mol. The Hall–Kier alpha value is -1.51. The van der Waals surface area contributed by atoms with Gasteiger partial charge in [-0.25, -0.2) is 5.48 Å². The van der Waals surface area contributed by atoms with Gasteiger partial charge in [0.1, 0.15) is 0 Å². The molecular formula is C19H33N5O3. The van der Waals surface area contributed by atoms with Crippen molar-refractivity contribution < 1.29 is 14.5 Å². The van der Waals surface area contributed by atoms with Gasteiger partial charge in [0.05, 0.1) is 6.04 Å². The van der Waals surface area contributed by atoms with E-state index in [2.05, 4.69) is 27.4 Å². The Morgan fingerprint density at radius 2 is 2.22 bits per heavy atom. The highest BCUT2D eigenvalue weighted by molar-refractivity contribution is 5.75. The van der Waals surface area contributed by atoms with Crippen LogP contribution in [-0.2, 0) is 4.79 Å². The van der Waals surface area contributed by atoms with E-state index in [0.29, 0.717) is 11.7 Å². The summed E-state index contributed by atoms with van der Waals surface area (Å²) in [5.41, 5.74) is 1.73. The minimum atomic E-state index is -0.409. The second-order valence-electron chi connectivity index (χ2n) is 8.13. The molecule has 27 heavy (non-hydrogen) atoms. The summed E-state index contributed by atoms with van der Waals surface area (Å²) in [4.78, 5) is 18.6. The third-order valence-corrected chi connectivity index (χ3v) is 5.94. The van der Waals surface area contributed by atoms with Crippen LogP contribution >= 0.6 is 0 Å². The molecule has 1 aliphatic carbocycles. The molecule has 3 N–H and O–H groups in total. The van der Waals surface area contributed by atoms with E-state index in [1.165, 1.54) is 38.5 Å². The summed E-state index contributed by atoms with van der Waals surface area (Å²) in [6, 6.07) is 0.0517. The largest absolute Gasteiger partial charge is 0.339 e. The number of carbonyl (C=O) groups excluding carboxylic acids is 1. The number of aromatic nitrogens is 2. The first-order valence-corrected chi connectivity index (χ1v) is 10.3. The Morgan fingerprint density at radius 1 is 1.41 bits per heavy atom. The lowest BCUT2D eigenvalue weighted by atomic mass is 9.84. The number of amides is 1. The number of rotatable bonds is 8. The summed E-state index contributed by atoms with van der Waals surface area (Å²) in [5, 5.41) is 16.5. The van der Waals surface area contributed by atoms with Crippen molar-refractivity contribution in [1.82, 2.24) is 25.8 Å². The van der Waals surface area contributed by atoms with Gasteiger partial charge in [-0.15, -0.1) is 0 Å². The van der Waals surface area contributed by atoms with Crippen LogP contribution in [0, 0.1) is 5.92 Å². The number of nitrogens with one attached hydrogen (secondary N) is 2. The van der Waals surface area contributed by atoms with Crippen molar-refractivity contribution in [3.63, 3.8) is 0 Å². The lowest BCUT2D eigenvalue weighted by Crippen LogP contribution is -2.44. The Labute approximate surface area is 161 Å². The SMILES string of the molecule is CN1CCNC(c2noc([C@H](CCCC3CCCCC3)CC(=O)NO)n2)C1. The third-order valence-electron chi connectivity index (χ3n) is 5.94. The van der Waals surface area contributed by atoms with Gasteiger partial charge in [-0.2, -0.15) is 4.98 Å². The number of hydrogen-bond donors (Lipinski definition) is 3. The van der Waals surface area contributed by atoms with Crippen LogP contribution in [0.2, 0.25) is 0 Å². The fraction of sp³-hybridized carbons (Fsp3) is 0.842. The highest BCUT2D eigenvalue weighted by Crippen LogP contribution is 2.31. The van der Waals surface area contributed by atoms with Crippen LogP contribution < -0.4 is 10.8 Å². The first-order valence-electron chi connectivity index (χ1n) is 10.3. The fourth-order valence-corrected chi connectivity index (χ4v) is 4.34. The average molecular weight is 380 g/mol. The van der Waals surface area contributed by atoms with Gasteiger partial charge in [-0.05, 0) is 19.4 Å². The minimum absolute atomic E-state index is 0.0517. The molecule has 0 aromatic carbocycles. The molecule has 0 bridgehead atoms. The van der Waals surface area contributed by atoms with Crippen LogP contribution in [0.3, 0.4) is 0 Å². The van der Waals surface area contributed by atoms with Gasteiger partial charge in [0.2, 0.25) is 11.8 Å². The minimum Gasteiger partial charge on any atom is -0.339 e. The molecule has 8 heteroatoms. The number of likely N-dealkylation sites (N-methyl/N-ethyl adjacent to an activating group) is 1. The maximum atomic E-state index is 11.7. The summed E-state index contributed by atoms with van der Waals surface area (Å²) in [7, 11) is 2.08. The Morgan fingerprint density at radius 3 is 2.96 bits per heavy atom. The number of nitrogens with zero attached hydrogens (tertiary/aromatic N) is 3. The molecule has 0 radical (unpaired) electrons. The molecule has 2 fully saturated rings. The van der Waals surface area contributed by atoms with Crippen molar-refractivity contribution >= 4 is 5.91 Å². The topological polar surface area (TPSA) is 104 Å². The van der Waals surface area contributed by atoms with E-state index < -0.39 is 5.91 Å². The number of hydrogen-bond acceptors (Lipinski definition) is 7. The third kappa shape index (κ3) is 5.99. The van der Waals surface area contributed by atoms with E-state index in [-0.39, 0.29) is 18.4 Å². The summed E-state index contributed by atoms with van der Waals surface area (Å²) >= 11 is 0. The van der Waals surface area contributed by atoms with Gasteiger partial charge >= 0.3 is 0 Å². The van der Waals surface area contributed by atoms with Crippen LogP contribution in [0.5, 0.6) is 0 Å². The molecule has 1 aromatic heterocycles. The number of carbonyl (C=O) groups is 1. The molecule has 1 saturated carbocycles. The van der Waals surface area contributed by atoms with E-state index >= 15 is 0 Å². The molecule has 2 aliphatic rings. The van der Waals surface area contributed by atoms with Crippen LogP contribution in [-0.4, -0.2) is 52.8 Å². The number of hydroxylamine groups is 1. The molecule has 3 rings (SSSR count). The van der Waals surface area contributed by atoms with E-state index in [1.807, 2.05) is 0 Å². The molecule has 0 spiro atoms. The quantitative estimate of drug-likeness (QED) is 0.470. The summed E-state index contributed by atoms with van der Waals surface area (Å²) < 4.78 is 5.52. The molecule has 152 valence electrons. The van der Waals surface area contributed by atoms with Gasteiger partial charge in [-0.3, -0.25) is 10.0 Å². The molecular weight excluding hydrogens is 346 g/mol. The van der Waals surface area contributed by atoms with E-state index in [1.54, 1.807) is 5.48 Å². The fourth-order valence-electron chi connectivity index (χ4n) is 4.34. The lowest BCUT2D eigenvalue weighted by molar-refractivity contribution is -0.129. The average Bonchev–Trinajstić information content (AvgIpc) is 3.18. The van der Waals surface area contributed by atoms with Crippen molar-refractivity contribution in [2.24, 2.45) is 5.92 Å². The van der Waals surface area contributed by atoms with Crippen molar-refractivity contribution in [1.29, 1.82) is 0 Å². The molecule has 1 amide bonds.